The Bertz CT molecular complexity index is 559. The van der Waals surface area contributed by atoms with Gasteiger partial charge in [0.15, 0.2) is 5.65 Å². The third-order valence-electron chi connectivity index (χ3n) is 2.97. The van der Waals surface area contributed by atoms with Crippen molar-refractivity contribution in [1.29, 1.82) is 0 Å². The van der Waals surface area contributed by atoms with Crippen LogP contribution in [0.15, 0.2) is 6.20 Å². The van der Waals surface area contributed by atoms with Gasteiger partial charge in [-0.25, -0.2) is 0 Å². The Morgan fingerprint density at radius 2 is 2.19 bits per heavy atom. The fraction of sp³-hybridized carbons (Fsp3) is 0.615. The van der Waals surface area contributed by atoms with Crippen molar-refractivity contribution in [3.05, 3.63) is 6.20 Å². The third-order valence-corrected chi connectivity index (χ3v) is 2.97. The number of aliphatic hydroxyl groups excluding tert-OH is 1. The van der Waals surface area contributed by atoms with E-state index in [1.807, 2.05) is 0 Å². The van der Waals surface area contributed by atoms with Crippen molar-refractivity contribution in [2.45, 2.75) is 25.9 Å². The van der Waals surface area contributed by atoms with Crippen molar-refractivity contribution >= 4 is 22.8 Å². The average Bonchev–Trinajstić information content (AvgIpc) is 2.94. The molecule has 2 heterocycles. The first-order valence-electron chi connectivity index (χ1n) is 7.10. The number of aromatic nitrogens is 4. The molecule has 8 heteroatoms. The van der Waals surface area contributed by atoms with E-state index in [9.17, 15) is 5.11 Å². The molecule has 21 heavy (non-hydrogen) atoms. The molecule has 0 aliphatic rings. The number of fused-ring (bicyclic) bond motifs is 1. The van der Waals surface area contributed by atoms with Gasteiger partial charge in [-0.05, 0) is 12.8 Å². The maximum atomic E-state index is 9.64. The number of anilines is 2. The monoisotopic (exact) mass is 294 g/mol. The van der Waals surface area contributed by atoms with E-state index in [4.69, 9.17) is 4.74 Å². The van der Waals surface area contributed by atoms with Crippen LogP contribution in [0.4, 0.5) is 11.8 Å². The molecule has 1 unspecified atom stereocenters. The molecule has 0 spiro atoms. The van der Waals surface area contributed by atoms with Crippen LogP contribution in [-0.4, -0.2) is 58.2 Å². The van der Waals surface area contributed by atoms with E-state index in [0.717, 1.165) is 18.4 Å². The van der Waals surface area contributed by atoms with Crippen LogP contribution in [0.3, 0.4) is 0 Å². The molecule has 1 atom stereocenters. The Balaban J connectivity index is 2.04. The lowest BCUT2D eigenvalue weighted by Crippen LogP contribution is -2.19. The van der Waals surface area contributed by atoms with Crippen LogP contribution >= 0.6 is 0 Å². The van der Waals surface area contributed by atoms with Gasteiger partial charge in [0, 0.05) is 20.2 Å². The summed E-state index contributed by atoms with van der Waals surface area (Å²) >= 11 is 0. The topological polar surface area (TPSA) is 108 Å². The highest BCUT2D eigenvalue weighted by atomic mass is 16.5. The quantitative estimate of drug-likeness (QED) is 0.546. The first kappa shape index (κ1) is 15.5. The second-order valence-corrected chi connectivity index (χ2v) is 4.78. The summed E-state index contributed by atoms with van der Waals surface area (Å²) in [4.78, 5) is 8.80. The highest BCUT2D eigenvalue weighted by Gasteiger charge is 2.10. The summed E-state index contributed by atoms with van der Waals surface area (Å²) in [5.41, 5.74) is 0.684. The van der Waals surface area contributed by atoms with Crippen molar-refractivity contribution in [1.82, 2.24) is 20.2 Å². The lowest BCUT2D eigenvalue weighted by atomic mass is 10.2. The van der Waals surface area contributed by atoms with Gasteiger partial charge in [-0.3, -0.25) is 5.10 Å². The summed E-state index contributed by atoms with van der Waals surface area (Å²) in [5.74, 6) is 1.27. The summed E-state index contributed by atoms with van der Waals surface area (Å²) < 4.78 is 4.90. The van der Waals surface area contributed by atoms with Crippen LogP contribution in [0.5, 0.6) is 0 Å². The molecule has 0 bridgehead atoms. The van der Waals surface area contributed by atoms with E-state index in [0.29, 0.717) is 37.0 Å². The van der Waals surface area contributed by atoms with Crippen molar-refractivity contribution in [3.8, 4) is 0 Å². The van der Waals surface area contributed by atoms with Gasteiger partial charge < -0.3 is 20.5 Å². The zero-order valence-corrected chi connectivity index (χ0v) is 12.4. The smallest absolute Gasteiger partial charge is 0.226 e. The summed E-state index contributed by atoms with van der Waals surface area (Å²) in [6, 6.07) is 0. The Morgan fingerprint density at radius 1 is 1.33 bits per heavy atom. The van der Waals surface area contributed by atoms with Crippen LogP contribution in [0.1, 0.15) is 19.8 Å². The standard InChI is InChI=1S/C13H22N6O2/c1-3-5-15-13-17-11(10-7-16-19-12(10)18-13)14-6-4-9(20)8-21-2/h7,9,20H,3-6,8H2,1-2H3,(H3,14,15,16,17,18,19). The largest absolute Gasteiger partial charge is 0.391 e. The molecule has 0 saturated heterocycles. The van der Waals surface area contributed by atoms with Crippen molar-refractivity contribution in [2.75, 3.05) is 37.4 Å². The second-order valence-electron chi connectivity index (χ2n) is 4.78. The van der Waals surface area contributed by atoms with E-state index < -0.39 is 6.10 Å². The number of rotatable bonds is 9. The zero-order valence-electron chi connectivity index (χ0n) is 12.4. The predicted molar refractivity (Wildman–Crippen MR) is 81.5 cm³/mol. The first-order valence-corrected chi connectivity index (χ1v) is 7.10. The Morgan fingerprint density at radius 3 is 2.95 bits per heavy atom. The number of H-pyrrole nitrogens is 1. The van der Waals surface area contributed by atoms with Gasteiger partial charge in [0.05, 0.1) is 24.3 Å². The van der Waals surface area contributed by atoms with Crippen LogP contribution in [-0.2, 0) is 4.74 Å². The maximum Gasteiger partial charge on any atom is 0.226 e. The molecule has 0 amide bonds. The number of hydrogen-bond acceptors (Lipinski definition) is 7. The van der Waals surface area contributed by atoms with E-state index in [1.54, 1.807) is 13.3 Å². The highest BCUT2D eigenvalue weighted by molar-refractivity contribution is 5.86. The van der Waals surface area contributed by atoms with Gasteiger partial charge in [-0.15, -0.1) is 0 Å². The van der Waals surface area contributed by atoms with Gasteiger partial charge in [0.25, 0.3) is 0 Å². The lowest BCUT2D eigenvalue weighted by Gasteiger charge is -2.12. The van der Waals surface area contributed by atoms with Gasteiger partial charge in [-0.1, -0.05) is 6.92 Å². The molecule has 2 aromatic rings. The van der Waals surface area contributed by atoms with Crippen LogP contribution in [0.2, 0.25) is 0 Å². The number of aromatic amines is 1. The van der Waals surface area contributed by atoms with E-state index in [-0.39, 0.29) is 0 Å². The number of nitrogens with one attached hydrogen (secondary N) is 3. The second kappa shape index (κ2) is 7.75. The SMILES string of the molecule is CCCNc1nc(NCCC(O)COC)c2cn[nH]c2n1. The summed E-state index contributed by atoms with van der Waals surface area (Å²) in [5, 5.41) is 23.7. The molecular formula is C13H22N6O2. The molecular weight excluding hydrogens is 272 g/mol. The highest BCUT2D eigenvalue weighted by Crippen LogP contribution is 2.19. The first-order chi connectivity index (χ1) is 10.2. The van der Waals surface area contributed by atoms with Gasteiger partial charge in [-0.2, -0.15) is 15.1 Å². The molecule has 8 nitrogen and oxygen atoms in total. The number of methoxy groups -OCH3 is 1. The molecule has 2 rings (SSSR count). The molecule has 0 aliphatic carbocycles. The number of hydrogen-bond donors (Lipinski definition) is 4. The fourth-order valence-corrected chi connectivity index (χ4v) is 1.92. The molecule has 0 radical (unpaired) electrons. The average molecular weight is 294 g/mol. The van der Waals surface area contributed by atoms with Gasteiger partial charge in [0.2, 0.25) is 5.95 Å². The molecule has 0 fully saturated rings. The minimum atomic E-state index is -0.484. The maximum absolute atomic E-state index is 9.64. The molecule has 0 saturated carbocycles. The zero-order chi connectivity index (χ0) is 15.1. The minimum absolute atomic E-state index is 0.329. The predicted octanol–water partition coefficient (Wildman–Crippen LogP) is 0.984. The molecule has 2 aromatic heterocycles. The van der Waals surface area contributed by atoms with Crippen molar-refractivity contribution in [2.24, 2.45) is 0 Å². The number of nitrogens with zero attached hydrogens (tertiary/aromatic N) is 3. The van der Waals surface area contributed by atoms with Crippen LogP contribution in [0, 0.1) is 0 Å². The van der Waals surface area contributed by atoms with E-state index >= 15 is 0 Å². The lowest BCUT2D eigenvalue weighted by molar-refractivity contribution is 0.0615. The number of aliphatic hydroxyl groups is 1. The molecule has 4 N–H and O–H groups in total. The fourth-order valence-electron chi connectivity index (χ4n) is 1.92. The van der Waals surface area contributed by atoms with Crippen molar-refractivity contribution < 1.29 is 9.84 Å². The van der Waals surface area contributed by atoms with E-state index in [2.05, 4.69) is 37.7 Å². The molecule has 0 aromatic carbocycles. The minimum Gasteiger partial charge on any atom is -0.391 e. The van der Waals surface area contributed by atoms with Gasteiger partial charge >= 0.3 is 0 Å². The number of ether oxygens (including phenoxy) is 1. The van der Waals surface area contributed by atoms with Crippen LogP contribution in [0.25, 0.3) is 11.0 Å². The third kappa shape index (κ3) is 4.27. The molecule has 116 valence electrons. The van der Waals surface area contributed by atoms with E-state index in [1.165, 1.54) is 0 Å². The summed E-state index contributed by atoms with van der Waals surface area (Å²) in [6.45, 7) is 3.81. The molecule has 0 aliphatic heterocycles. The summed E-state index contributed by atoms with van der Waals surface area (Å²) in [7, 11) is 1.57. The van der Waals surface area contributed by atoms with Crippen LogP contribution < -0.4 is 10.6 Å². The Kier molecular flexibility index (Phi) is 5.70. The normalized spacial score (nSPS) is 12.5. The Hall–Kier alpha value is -1.93. The van der Waals surface area contributed by atoms with Crippen molar-refractivity contribution in [3.63, 3.8) is 0 Å². The Labute approximate surface area is 123 Å². The van der Waals surface area contributed by atoms with Gasteiger partial charge in [0.1, 0.15) is 5.82 Å². The summed E-state index contributed by atoms with van der Waals surface area (Å²) in [6.07, 6.45) is 2.78.